The average molecular weight is 246 g/mol. The minimum atomic E-state index is -0.479. The second-order valence-corrected chi connectivity index (χ2v) is 4.49. The van der Waals surface area contributed by atoms with E-state index in [0.717, 1.165) is 17.7 Å². The van der Waals surface area contributed by atoms with Gasteiger partial charge in [0.2, 0.25) is 6.10 Å². The van der Waals surface area contributed by atoms with Gasteiger partial charge in [-0.2, -0.15) is 0 Å². The fourth-order valence-electron chi connectivity index (χ4n) is 1.80. The van der Waals surface area contributed by atoms with Gasteiger partial charge in [-0.15, -0.1) is 0 Å². The third kappa shape index (κ3) is 2.88. The minimum Gasteiger partial charge on any atom is -0.382 e. The first-order valence-electron chi connectivity index (χ1n) is 6.28. The van der Waals surface area contributed by atoms with Crippen LogP contribution in [0.15, 0.2) is 29.4 Å². The Morgan fingerprint density at radius 2 is 2.17 bits per heavy atom. The maximum atomic E-state index is 11.7. The van der Waals surface area contributed by atoms with Crippen molar-refractivity contribution in [2.45, 2.75) is 32.8 Å². The normalized spacial score (nSPS) is 18.1. The first-order chi connectivity index (χ1) is 8.70. The number of aryl methyl sites for hydroxylation is 1. The van der Waals surface area contributed by atoms with E-state index in [1.807, 2.05) is 38.1 Å². The van der Waals surface area contributed by atoms with Crippen molar-refractivity contribution < 1.29 is 9.63 Å². The maximum absolute atomic E-state index is 11.7. The lowest BCUT2D eigenvalue weighted by Crippen LogP contribution is -2.35. The van der Waals surface area contributed by atoms with Gasteiger partial charge in [-0.25, -0.2) is 0 Å². The highest BCUT2D eigenvalue weighted by Gasteiger charge is 2.28. The predicted molar refractivity (Wildman–Crippen MR) is 70.5 cm³/mol. The Labute approximate surface area is 107 Å². The second kappa shape index (κ2) is 5.67. The molecule has 0 fully saturated rings. The number of amides is 1. The van der Waals surface area contributed by atoms with Crippen LogP contribution in [0.4, 0.5) is 0 Å². The molecular formula is C14H18N2O2. The molecule has 0 aliphatic carbocycles. The number of hydrogen-bond acceptors (Lipinski definition) is 3. The van der Waals surface area contributed by atoms with Gasteiger partial charge in [0.15, 0.2) is 0 Å². The number of oxime groups is 1. The summed E-state index contributed by atoms with van der Waals surface area (Å²) in [5, 5.41) is 6.82. The Balaban J connectivity index is 1.95. The number of hydrogen-bond donors (Lipinski definition) is 1. The Hall–Kier alpha value is -1.84. The molecule has 0 spiro atoms. The first-order valence-corrected chi connectivity index (χ1v) is 6.28. The van der Waals surface area contributed by atoms with E-state index < -0.39 is 6.10 Å². The lowest BCUT2D eigenvalue weighted by Gasteiger charge is -2.08. The molecule has 96 valence electrons. The first kappa shape index (κ1) is 12.6. The summed E-state index contributed by atoms with van der Waals surface area (Å²) in [6.07, 6.45) is 0.982. The van der Waals surface area contributed by atoms with E-state index in [4.69, 9.17) is 4.84 Å². The molecule has 1 heterocycles. The number of nitrogens with zero attached hydrogens (tertiary/aromatic N) is 1. The van der Waals surface area contributed by atoms with Gasteiger partial charge in [0.05, 0.1) is 5.71 Å². The van der Waals surface area contributed by atoms with Crippen molar-refractivity contribution in [2.75, 3.05) is 6.54 Å². The van der Waals surface area contributed by atoms with Gasteiger partial charge >= 0.3 is 0 Å². The molecule has 1 aliphatic rings. The van der Waals surface area contributed by atoms with E-state index in [0.29, 0.717) is 13.0 Å². The van der Waals surface area contributed by atoms with Crippen LogP contribution >= 0.6 is 0 Å². The maximum Gasteiger partial charge on any atom is 0.264 e. The molecule has 2 rings (SSSR count). The molecule has 1 unspecified atom stereocenters. The zero-order valence-corrected chi connectivity index (χ0v) is 10.8. The molecule has 1 aromatic carbocycles. The van der Waals surface area contributed by atoms with E-state index in [2.05, 4.69) is 10.5 Å². The zero-order chi connectivity index (χ0) is 13.0. The quantitative estimate of drug-likeness (QED) is 0.883. The summed E-state index contributed by atoms with van der Waals surface area (Å²) in [5.74, 6) is -0.0808. The lowest BCUT2D eigenvalue weighted by molar-refractivity contribution is -0.131. The molecule has 4 heteroatoms. The van der Waals surface area contributed by atoms with Crippen LogP contribution < -0.4 is 5.32 Å². The zero-order valence-electron chi connectivity index (χ0n) is 10.8. The topological polar surface area (TPSA) is 50.7 Å². The van der Waals surface area contributed by atoms with Crippen molar-refractivity contribution in [1.82, 2.24) is 5.32 Å². The molecule has 0 saturated heterocycles. The Kier molecular flexibility index (Phi) is 3.97. The van der Waals surface area contributed by atoms with Crippen molar-refractivity contribution in [1.29, 1.82) is 0 Å². The summed E-state index contributed by atoms with van der Waals surface area (Å²) < 4.78 is 0. The van der Waals surface area contributed by atoms with Gasteiger partial charge in [-0.05, 0) is 18.9 Å². The summed E-state index contributed by atoms with van der Waals surface area (Å²) in [5.41, 5.74) is 3.06. The van der Waals surface area contributed by atoms with E-state index in [9.17, 15) is 4.79 Å². The lowest BCUT2D eigenvalue weighted by atomic mass is 10.0. The van der Waals surface area contributed by atoms with E-state index in [-0.39, 0.29) is 5.91 Å². The van der Waals surface area contributed by atoms with Crippen LogP contribution in [0.3, 0.4) is 0 Å². The molecule has 1 atom stereocenters. The number of rotatable bonds is 4. The fourth-order valence-corrected chi connectivity index (χ4v) is 1.80. The van der Waals surface area contributed by atoms with Crippen LogP contribution in [0, 0.1) is 6.92 Å². The average Bonchev–Trinajstić information content (AvgIpc) is 2.86. The second-order valence-electron chi connectivity index (χ2n) is 4.49. The Morgan fingerprint density at radius 3 is 2.83 bits per heavy atom. The minimum absolute atomic E-state index is 0.0808. The van der Waals surface area contributed by atoms with Crippen LogP contribution in [0.25, 0.3) is 0 Å². The van der Waals surface area contributed by atoms with Gasteiger partial charge in [0, 0.05) is 13.0 Å². The summed E-state index contributed by atoms with van der Waals surface area (Å²) in [6, 6.07) is 8.07. The fraction of sp³-hybridized carbons (Fsp3) is 0.429. The summed E-state index contributed by atoms with van der Waals surface area (Å²) in [7, 11) is 0. The van der Waals surface area contributed by atoms with Gasteiger partial charge in [-0.1, -0.05) is 41.9 Å². The van der Waals surface area contributed by atoms with Crippen molar-refractivity contribution in [3.05, 3.63) is 35.4 Å². The molecule has 0 saturated carbocycles. The van der Waals surface area contributed by atoms with Crippen molar-refractivity contribution in [3.63, 3.8) is 0 Å². The van der Waals surface area contributed by atoms with E-state index >= 15 is 0 Å². The molecule has 1 aliphatic heterocycles. The smallest absolute Gasteiger partial charge is 0.264 e. The van der Waals surface area contributed by atoms with Gasteiger partial charge < -0.3 is 10.2 Å². The molecule has 0 radical (unpaired) electrons. The van der Waals surface area contributed by atoms with Crippen LogP contribution in [0.5, 0.6) is 0 Å². The van der Waals surface area contributed by atoms with Crippen molar-refractivity contribution in [2.24, 2.45) is 5.16 Å². The van der Waals surface area contributed by atoms with Gasteiger partial charge in [0.1, 0.15) is 0 Å². The summed E-state index contributed by atoms with van der Waals surface area (Å²) in [4.78, 5) is 16.9. The predicted octanol–water partition coefficient (Wildman–Crippen LogP) is 2.01. The third-order valence-electron chi connectivity index (χ3n) is 2.90. The Bertz CT molecular complexity index is 451. The van der Waals surface area contributed by atoms with Crippen molar-refractivity contribution >= 4 is 11.6 Å². The molecule has 18 heavy (non-hydrogen) atoms. The third-order valence-corrected chi connectivity index (χ3v) is 2.90. The van der Waals surface area contributed by atoms with Crippen molar-refractivity contribution in [3.8, 4) is 0 Å². The highest BCUT2D eigenvalue weighted by atomic mass is 16.6. The van der Waals surface area contributed by atoms with Gasteiger partial charge in [0.25, 0.3) is 5.91 Å². The number of carbonyl (C=O) groups excluding carboxylic acids is 1. The van der Waals surface area contributed by atoms with Crippen LogP contribution in [-0.2, 0) is 9.63 Å². The standard InChI is InChI=1S/C14H18N2O2/c1-3-8-15-14(17)13-9-12(16-18-13)11-6-4-10(2)5-7-11/h4-7,13H,3,8-9H2,1-2H3,(H,15,17). The molecule has 1 aromatic rings. The van der Waals surface area contributed by atoms with E-state index in [1.165, 1.54) is 5.56 Å². The monoisotopic (exact) mass is 246 g/mol. The summed E-state index contributed by atoms with van der Waals surface area (Å²) >= 11 is 0. The van der Waals surface area contributed by atoms with Crippen LogP contribution in [0.1, 0.15) is 30.9 Å². The van der Waals surface area contributed by atoms with E-state index in [1.54, 1.807) is 0 Å². The number of carbonyl (C=O) groups is 1. The van der Waals surface area contributed by atoms with Crippen LogP contribution in [0.2, 0.25) is 0 Å². The molecule has 0 bridgehead atoms. The molecular weight excluding hydrogens is 228 g/mol. The largest absolute Gasteiger partial charge is 0.382 e. The highest BCUT2D eigenvalue weighted by molar-refractivity contribution is 6.04. The Morgan fingerprint density at radius 1 is 1.44 bits per heavy atom. The van der Waals surface area contributed by atoms with Gasteiger partial charge in [-0.3, -0.25) is 4.79 Å². The molecule has 1 N–H and O–H groups in total. The number of nitrogens with one attached hydrogen (secondary N) is 1. The molecule has 1 amide bonds. The highest BCUT2D eigenvalue weighted by Crippen LogP contribution is 2.17. The van der Waals surface area contributed by atoms with Crippen LogP contribution in [-0.4, -0.2) is 24.3 Å². The summed E-state index contributed by atoms with van der Waals surface area (Å²) in [6.45, 7) is 4.74. The number of benzene rings is 1. The SMILES string of the molecule is CCCNC(=O)C1CC(c2ccc(C)cc2)=NO1. The molecule has 0 aromatic heterocycles. The molecule has 4 nitrogen and oxygen atoms in total.